The summed E-state index contributed by atoms with van der Waals surface area (Å²) < 4.78 is 4.87. The third kappa shape index (κ3) is 3.59. The van der Waals surface area contributed by atoms with Crippen LogP contribution in [0.3, 0.4) is 0 Å². The van der Waals surface area contributed by atoms with Crippen molar-refractivity contribution in [3.05, 3.63) is 24.2 Å². The van der Waals surface area contributed by atoms with Crippen LogP contribution in [0.25, 0.3) is 0 Å². The number of nitrogens with zero attached hydrogens (tertiary/aromatic N) is 2. The van der Waals surface area contributed by atoms with Crippen molar-refractivity contribution in [3.8, 4) is 0 Å². The van der Waals surface area contributed by atoms with Crippen molar-refractivity contribution < 1.29 is 28.8 Å². The molecule has 8 heteroatoms. The van der Waals surface area contributed by atoms with Crippen LogP contribution in [-0.4, -0.2) is 48.5 Å². The number of likely N-dealkylation sites (N-methyl/N-ethyl adjacent to an activating group) is 1. The molecule has 0 saturated carbocycles. The number of hydrogen-bond acceptors (Lipinski definition) is 6. The molecule has 0 saturated heterocycles. The summed E-state index contributed by atoms with van der Waals surface area (Å²) >= 11 is 0. The van der Waals surface area contributed by atoms with Gasteiger partial charge in [0.05, 0.1) is 13.4 Å². The van der Waals surface area contributed by atoms with Gasteiger partial charge in [0.25, 0.3) is 5.91 Å². The summed E-state index contributed by atoms with van der Waals surface area (Å²) in [7, 11) is 2.70. The summed E-state index contributed by atoms with van der Waals surface area (Å²) in [6, 6.07) is 2.93. The Morgan fingerprint density at radius 2 is 2.28 bits per heavy atom. The molecule has 0 bridgehead atoms. The molecule has 1 rings (SSSR count). The zero-order valence-electron chi connectivity index (χ0n) is 9.82. The highest BCUT2D eigenvalue weighted by Gasteiger charge is 2.17. The molecule has 18 heavy (non-hydrogen) atoms. The molecule has 0 aliphatic rings. The van der Waals surface area contributed by atoms with E-state index in [-0.39, 0.29) is 5.76 Å². The number of carboxylic acids is 1. The standard InChI is InChI=1S/C10H12N2O6/c1-12(16-2)8(13)6-18-11-9(10(14)15)7-4-3-5-17-7/h3-5H,6H2,1-2H3,(H,14,15)/b11-9-. The minimum Gasteiger partial charge on any atom is -0.476 e. The van der Waals surface area contributed by atoms with E-state index in [4.69, 9.17) is 9.52 Å². The number of rotatable bonds is 6. The van der Waals surface area contributed by atoms with Gasteiger partial charge >= 0.3 is 5.97 Å². The first-order chi connectivity index (χ1) is 8.56. The van der Waals surface area contributed by atoms with Crippen molar-refractivity contribution in [1.29, 1.82) is 0 Å². The average molecular weight is 256 g/mol. The number of carboxylic acid groups (broad SMARTS) is 1. The van der Waals surface area contributed by atoms with E-state index in [0.29, 0.717) is 0 Å². The van der Waals surface area contributed by atoms with Gasteiger partial charge in [0.2, 0.25) is 5.71 Å². The van der Waals surface area contributed by atoms with Gasteiger partial charge in [-0.25, -0.2) is 9.86 Å². The predicted octanol–water partition coefficient (Wildman–Crippen LogP) is 0.105. The molecule has 98 valence electrons. The molecule has 0 unspecified atom stereocenters. The first kappa shape index (κ1) is 13.7. The maximum absolute atomic E-state index is 11.2. The molecule has 1 amide bonds. The van der Waals surface area contributed by atoms with Gasteiger partial charge in [-0.2, -0.15) is 0 Å². The van der Waals surface area contributed by atoms with Crippen LogP contribution in [-0.2, 0) is 19.3 Å². The zero-order valence-corrected chi connectivity index (χ0v) is 9.82. The molecule has 0 aliphatic heterocycles. The SMILES string of the molecule is CON(C)C(=O)CO/N=C(\C(=O)O)c1ccco1. The van der Waals surface area contributed by atoms with E-state index in [2.05, 4.69) is 14.8 Å². The lowest BCUT2D eigenvalue weighted by molar-refractivity contribution is -0.173. The van der Waals surface area contributed by atoms with Crippen molar-refractivity contribution >= 4 is 17.6 Å². The third-order valence-electron chi connectivity index (χ3n) is 1.93. The van der Waals surface area contributed by atoms with E-state index < -0.39 is 24.2 Å². The Bertz CT molecular complexity index is 439. The Kier molecular flexibility index (Phi) is 4.88. The maximum atomic E-state index is 11.2. The quantitative estimate of drug-likeness (QED) is 0.572. The summed E-state index contributed by atoms with van der Waals surface area (Å²) in [5.41, 5.74) is -0.423. The Labute approximate surface area is 102 Å². The number of hydroxylamine groups is 2. The number of carbonyl (C=O) groups is 2. The maximum Gasteiger partial charge on any atom is 0.361 e. The number of carbonyl (C=O) groups excluding carboxylic acids is 1. The fourth-order valence-corrected chi connectivity index (χ4v) is 0.947. The molecule has 0 fully saturated rings. The van der Waals surface area contributed by atoms with E-state index in [9.17, 15) is 9.59 Å². The summed E-state index contributed by atoms with van der Waals surface area (Å²) in [6.45, 7) is -0.443. The van der Waals surface area contributed by atoms with E-state index >= 15 is 0 Å². The zero-order chi connectivity index (χ0) is 13.5. The number of furan rings is 1. The van der Waals surface area contributed by atoms with E-state index in [1.54, 1.807) is 0 Å². The summed E-state index contributed by atoms with van der Waals surface area (Å²) in [5.74, 6) is -1.79. The van der Waals surface area contributed by atoms with Crippen LogP contribution >= 0.6 is 0 Å². The second kappa shape index (κ2) is 6.40. The van der Waals surface area contributed by atoms with Gasteiger partial charge in [-0.05, 0) is 12.1 Å². The van der Waals surface area contributed by atoms with Crippen molar-refractivity contribution in [2.24, 2.45) is 5.16 Å². The monoisotopic (exact) mass is 256 g/mol. The molecule has 0 aliphatic carbocycles. The predicted molar refractivity (Wildman–Crippen MR) is 58.6 cm³/mol. The van der Waals surface area contributed by atoms with Gasteiger partial charge in [-0.1, -0.05) is 5.16 Å². The highest BCUT2D eigenvalue weighted by atomic mass is 16.7. The van der Waals surface area contributed by atoms with Crippen molar-refractivity contribution in [2.45, 2.75) is 0 Å². The largest absolute Gasteiger partial charge is 0.476 e. The topological polar surface area (TPSA) is 102 Å². The van der Waals surface area contributed by atoms with E-state index in [1.165, 1.54) is 32.6 Å². The number of amides is 1. The molecule has 1 aromatic rings. The van der Waals surface area contributed by atoms with Crippen LogP contribution in [0.1, 0.15) is 5.76 Å². The summed E-state index contributed by atoms with van der Waals surface area (Å²) in [5, 5.41) is 13.2. The van der Waals surface area contributed by atoms with Gasteiger partial charge in [0.15, 0.2) is 12.4 Å². The number of hydrogen-bond donors (Lipinski definition) is 1. The molecule has 0 spiro atoms. The third-order valence-corrected chi connectivity index (χ3v) is 1.93. The van der Waals surface area contributed by atoms with Crippen LogP contribution in [0.4, 0.5) is 0 Å². The lowest BCUT2D eigenvalue weighted by Crippen LogP contribution is -2.29. The number of aliphatic carboxylic acids is 1. The molecular weight excluding hydrogens is 244 g/mol. The lowest BCUT2D eigenvalue weighted by Gasteiger charge is -2.12. The first-order valence-electron chi connectivity index (χ1n) is 4.84. The highest BCUT2D eigenvalue weighted by Crippen LogP contribution is 2.03. The molecule has 1 heterocycles. The smallest absolute Gasteiger partial charge is 0.361 e. The Hall–Kier alpha value is -2.35. The van der Waals surface area contributed by atoms with Crippen LogP contribution in [0.5, 0.6) is 0 Å². The van der Waals surface area contributed by atoms with Crippen molar-refractivity contribution in [3.63, 3.8) is 0 Å². The molecule has 0 aromatic carbocycles. The van der Waals surface area contributed by atoms with Gasteiger partial charge in [0.1, 0.15) is 0 Å². The second-order valence-electron chi connectivity index (χ2n) is 3.07. The number of oxime groups is 1. The summed E-state index contributed by atoms with van der Waals surface area (Å²) in [4.78, 5) is 31.4. The molecule has 0 atom stereocenters. The first-order valence-corrected chi connectivity index (χ1v) is 4.84. The Morgan fingerprint density at radius 3 is 2.78 bits per heavy atom. The van der Waals surface area contributed by atoms with Gasteiger partial charge in [-0.3, -0.25) is 9.63 Å². The van der Waals surface area contributed by atoms with Crippen molar-refractivity contribution in [1.82, 2.24) is 5.06 Å². The van der Waals surface area contributed by atoms with E-state index in [1.807, 2.05) is 0 Å². The Morgan fingerprint density at radius 1 is 1.56 bits per heavy atom. The average Bonchev–Trinajstić information content (AvgIpc) is 2.86. The van der Waals surface area contributed by atoms with Gasteiger partial charge in [-0.15, -0.1) is 0 Å². The second-order valence-corrected chi connectivity index (χ2v) is 3.07. The van der Waals surface area contributed by atoms with Crippen molar-refractivity contribution in [2.75, 3.05) is 20.8 Å². The molecule has 1 aromatic heterocycles. The fraction of sp³-hybridized carbons (Fsp3) is 0.300. The van der Waals surface area contributed by atoms with E-state index in [0.717, 1.165) is 5.06 Å². The van der Waals surface area contributed by atoms with Gasteiger partial charge in [0, 0.05) is 7.05 Å². The normalized spacial score (nSPS) is 11.1. The van der Waals surface area contributed by atoms with Gasteiger partial charge < -0.3 is 14.4 Å². The molecular formula is C10H12N2O6. The van der Waals surface area contributed by atoms with Crippen LogP contribution in [0.15, 0.2) is 28.0 Å². The lowest BCUT2D eigenvalue weighted by atomic mass is 10.3. The molecule has 1 N–H and O–H groups in total. The minimum atomic E-state index is -1.32. The highest BCUT2D eigenvalue weighted by molar-refractivity contribution is 6.41. The van der Waals surface area contributed by atoms with Crippen LogP contribution in [0, 0.1) is 0 Å². The molecule has 8 nitrogen and oxygen atoms in total. The minimum absolute atomic E-state index is 0.0371. The summed E-state index contributed by atoms with van der Waals surface area (Å²) in [6.07, 6.45) is 1.30. The fourth-order valence-electron chi connectivity index (χ4n) is 0.947. The Balaban J connectivity index is 2.63. The van der Waals surface area contributed by atoms with Crippen LogP contribution < -0.4 is 0 Å². The molecule has 0 radical (unpaired) electrons. The van der Waals surface area contributed by atoms with Crippen LogP contribution in [0.2, 0.25) is 0 Å².